The van der Waals surface area contributed by atoms with Gasteiger partial charge in [0.15, 0.2) is 11.7 Å². The van der Waals surface area contributed by atoms with E-state index in [0.717, 1.165) is 0 Å². The Morgan fingerprint density at radius 1 is 1.57 bits per heavy atom. The summed E-state index contributed by atoms with van der Waals surface area (Å²) in [4.78, 5) is 14.8. The minimum atomic E-state index is -0.589. The monoisotopic (exact) mass is 187 g/mol. The number of carbonyl (C=O) groups excluding carboxylic acids is 1. The van der Waals surface area contributed by atoms with Gasteiger partial charge in [-0.1, -0.05) is 6.07 Å². The highest BCUT2D eigenvalue weighted by Crippen LogP contribution is 2.18. The molecule has 2 aromatic rings. The van der Waals surface area contributed by atoms with E-state index in [2.05, 4.69) is 4.98 Å². The molecule has 0 fully saturated rings. The zero-order chi connectivity index (χ0) is 10.1. The van der Waals surface area contributed by atoms with Crippen LogP contribution in [-0.4, -0.2) is 10.9 Å². The van der Waals surface area contributed by atoms with Crippen LogP contribution in [-0.2, 0) is 0 Å². The van der Waals surface area contributed by atoms with Crippen molar-refractivity contribution in [2.24, 2.45) is 5.73 Å². The molecule has 0 aliphatic heterocycles. The molecule has 0 unspecified atom stereocenters. The molecule has 5 nitrogen and oxygen atoms in total. The molecule has 2 N–H and O–H groups in total. The summed E-state index contributed by atoms with van der Waals surface area (Å²) >= 11 is 0. The fraction of sp³-hybridized carbons (Fsp3) is 0. The third kappa shape index (κ3) is 1.10. The smallest absolute Gasteiger partial charge is 0.301 e. The minimum absolute atomic E-state index is 0.0753. The van der Waals surface area contributed by atoms with Gasteiger partial charge in [-0.15, -0.1) is 0 Å². The predicted molar refractivity (Wildman–Crippen MR) is 47.2 cm³/mol. The van der Waals surface area contributed by atoms with Crippen LogP contribution in [0.15, 0.2) is 22.6 Å². The number of para-hydroxylation sites is 1. The van der Waals surface area contributed by atoms with Gasteiger partial charge < -0.3 is 10.2 Å². The molecule has 1 amide bonds. The molecule has 0 saturated heterocycles. The van der Waals surface area contributed by atoms with E-state index < -0.39 is 5.91 Å². The zero-order valence-corrected chi connectivity index (χ0v) is 7.02. The largest absolute Gasteiger partial charge is 0.428 e. The SMILES string of the molecule is N#Cc1nc2c(C(N)=O)cccc2o1. The van der Waals surface area contributed by atoms with Gasteiger partial charge in [0.2, 0.25) is 0 Å². The third-order valence-electron chi connectivity index (χ3n) is 1.78. The summed E-state index contributed by atoms with van der Waals surface area (Å²) in [5, 5.41) is 8.55. The van der Waals surface area contributed by atoms with Gasteiger partial charge in [-0.25, -0.2) is 0 Å². The number of oxazole rings is 1. The van der Waals surface area contributed by atoms with Crippen molar-refractivity contribution in [3.8, 4) is 6.07 Å². The number of aromatic nitrogens is 1. The minimum Gasteiger partial charge on any atom is -0.428 e. The number of primary amides is 1. The first-order valence-electron chi connectivity index (χ1n) is 3.82. The lowest BCUT2D eigenvalue weighted by Gasteiger charge is -1.93. The number of rotatable bonds is 1. The van der Waals surface area contributed by atoms with E-state index in [0.29, 0.717) is 11.1 Å². The highest BCUT2D eigenvalue weighted by Gasteiger charge is 2.12. The summed E-state index contributed by atoms with van der Waals surface area (Å²) in [6.45, 7) is 0. The zero-order valence-electron chi connectivity index (χ0n) is 7.02. The molecule has 5 heteroatoms. The molecular formula is C9H5N3O2. The average molecular weight is 187 g/mol. The van der Waals surface area contributed by atoms with Gasteiger partial charge in [-0.2, -0.15) is 10.2 Å². The second-order valence-electron chi connectivity index (χ2n) is 2.65. The van der Waals surface area contributed by atoms with Crippen molar-refractivity contribution >= 4 is 17.0 Å². The first-order chi connectivity index (χ1) is 6.72. The number of carbonyl (C=O) groups is 1. The van der Waals surface area contributed by atoms with Crippen LogP contribution in [0, 0.1) is 11.3 Å². The Kier molecular flexibility index (Phi) is 1.68. The second kappa shape index (κ2) is 2.85. The number of nitriles is 1. The maximum Gasteiger partial charge on any atom is 0.301 e. The molecule has 1 aromatic carbocycles. The van der Waals surface area contributed by atoms with Crippen molar-refractivity contribution in [2.45, 2.75) is 0 Å². The summed E-state index contributed by atoms with van der Waals surface area (Å²) in [5.74, 6) is -0.665. The average Bonchev–Trinajstić information content (AvgIpc) is 2.59. The van der Waals surface area contributed by atoms with Gasteiger partial charge in [0.05, 0.1) is 5.56 Å². The van der Waals surface area contributed by atoms with Crippen molar-refractivity contribution in [3.05, 3.63) is 29.7 Å². The Morgan fingerprint density at radius 2 is 2.36 bits per heavy atom. The van der Waals surface area contributed by atoms with E-state index >= 15 is 0 Å². The van der Waals surface area contributed by atoms with Crippen LogP contribution in [0.25, 0.3) is 11.1 Å². The van der Waals surface area contributed by atoms with Gasteiger partial charge in [-0.3, -0.25) is 4.79 Å². The maximum atomic E-state index is 11.0. The fourth-order valence-electron chi connectivity index (χ4n) is 1.20. The molecule has 0 bridgehead atoms. The molecule has 1 heterocycles. The van der Waals surface area contributed by atoms with Gasteiger partial charge in [-0.05, 0) is 12.1 Å². The highest BCUT2D eigenvalue weighted by molar-refractivity contribution is 6.03. The summed E-state index contributed by atoms with van der Waals surface area (Å²) in [5.41, 5.74) is 6.10. The van der Waals surface area contributed by atoms with Crippen LogP contribution in [0.5, 0.6) is 0 Å². The number of hydrogen-bond acceptors (Lipinski definition) is 4. The van der Waals surface area contributed by atoms with E-state index in [4.69, 9.17) is 15.4 Å². The molecule has 68 valence electrons. The summed E-state index contributed by atoms with van der Waals surface area (Å²) in [7, 11) is 0. The van der Waals surface area contributed by atoms with Gasteiger partial charge >= 0.3 is 5.89 Å². The Morgan fingerprint density at radius 3 is 3.00 bits per heavy atom. The first kappa shape index (κ1) is 8.26. The van der Waals surface area contributed by atoms with E-state index in [1.54, 1.807) is 18.2 Å². The molecule has 14 heavy (non-hydrogen) atoms. The molecular weight excluding hydrogens is 182 g/mol. The van der Waals surface area contributed by atoms with E-state index in [-0.39, 0.29) is 11.5 Å². The lowest BCUT2D eigenvalue weighted by Crippen LogP contribution is -2.11. The van der Waals surface area contributed by atoms with Gasteiger partial charge in [0, 0.05) is 0 Å². The van der Waals surface area contributed by atoms with Crippen LogP contribution in [0.2, 0.25) is 0 Å². The molecule has 0 saturated carbocycles. The normalized spacial score (nSPS) is 9.93. The predicted octanol–water partition coefficient (Wildman–Crippen LogP) is 0.798. The van der Waals surface area contributed by atoms with E-state index in [9.17, 15) is 4.79 Å². The van der Waals surface area contributed by atoms with Crippen molar-refractivity contribution < 1.29 is 9.21 Å². The molecule has 0 aliphatic carbocycles. The van der Waals surface area contributed by atoms with Crippen LogP contribution in [0.1, 0.15) is 16.2 Å². The molecule has 1 aromatic heterocycles. The summed E-state index contributed by atoms with van der Waals surface area (Å²) < 4.78 is 5.03. The standard InChI is InChI=1S/C9H5N3O2/c10-4-7-12-8-5(9(11)13)2-1-3-6(8)14-7/h1-3H,(H2,11,13). The molecule has 0 aliphatic rings. The van der Waals surface area contributed by atoms with Crippen molar-refractivity contribution in [3.63, 3.8) is 0 Å². The number of fused-ring (bicyclic) bond motifs is 1. The number of amides is 1. The van der Waals surface area contributed by atoms with Crippen LogP contribution < -0.4 is 5.73 Å². The molecule has 2 rings (SSSR count). The Bertz CT molecular complexity index is 551. The lowest BCUT2D eigenvalue weighted by molar-refractivity contribution is 0.100. The molecule has 0 atom stereocenters. The highest BCUT2D eigenvalue weighted by atomic mass is 16.3. The Labute approximate surface area is 78.8 Å². The maximum absolute atomic E-state index is 11.0. The first-order valence-corrected chi connectivity index (χ1v) is 3.82. The number of nitrogens with zero attached hydrogens (tertiary/aromatic N) is 2. The quantitative estimate of drug-likeness (QED) is 0.714. The van der Waals surface area contributed by atoms with Gasteiger partial charge in [0.25, 0.3) is 5.91 Å². The van der Waals surface area contributed by atoms with E-state index in [1.807, 2.05) is 0 Å². The Balaban J connectivity index is 2.81. The van der Waals surface area contributed by atoms with Crippen LogP contribution in [0.4, 0.5) is 0 Å². The third-order valence-corrected chi connectivity index (χ3v) is 1.78. The van der Waals surface area contributed by atoms with Crippen LogP contribution in [0.3, 0.4) is 0 Å². The van der Waals surface area contributed by atoms with Gasteiger partial charge in [0.1, 0.15) is 5.52 Å². The number of hydrogen-bond donors (Lipinski definition) is 1. The van der Waals surface area contributed by atoms with Crippen molar-refractivity contribution in [2.75, 3.05) is 0 Å². The van der Waals surface area contributed by atoms with Crippen LogP contribution >= 0.6 is 0 Å². The summed E-state index contributed by atoms with van der Waals surface area (Å²) in [6.07, 6.45) is 0. The fourth-order valence-corrected chi connectivity index (χ4v) is 1.20. The topological polar surface area (TPSA) is 92.9 Å². The number of nitrogens with two attached hydrogens (primary N) is 1. The Hall–Kier alpha value is -2.35. The molecule has 0 spiro atoms. The van der Waals surface area contributed by atoms with Crippen molar-refractivity contribution in [1.29, 1.82) is 5.26 Å². The molecule has 0 radical (unpaired) electrons. The van der Waals surface area contributed by atoms with Crippen molar-refractivity contribution in [1.82, 2.24) is 4.98 Å². The number of benzene rings is 1. The second-order valence-corrected chi connectivity index (χ2v) is 2.65. The van der Waals surface area contributed by atoms with E-state index in [1.165, 1.54) is 6.07 Å². The lowest BCUT2D eigenvalue weighted by atomic mass is 10.2. The summed E-state index contributed by atoms with van der Waals surface area (Å²) in [6, 6.07) is 6.53.